The summed E-state index contributed by atoms with van der Waals surface area (Å²) >= 11 is 0. The number of rotatable bonds is 6. The molecule has 0 amide bonds. The van der Waals surface area contributed by atoms with Gasteiger partial charge in [-0.05, 0) is 44.8 Å². The monoisotopic (exact) mass is 399 g/mol. The van der Waals surface area contributed by atoms with E-state index in [9.17, 15) is 4.79 Å². The average molecular weight is 399 g/mol. The minimum atomic E-state index is -0.0693. The summed E-state index contributed by atoms with van der Waals surface area (Å²) in [5, 5.41) is 3.10. The number of hydrogen-bond donors (Lipinski definition) is 1. The van der Waals surface area contributed by atoms with E-state index in [1.54, 1.807) is 0 Å². The molecule has 1 atom stereocenters. The first-order valence-corrected chi connectivity index (χ1v) is 5.34. The summed E-state index contributed by atoms with van der Waals surface area (Å²) < 4.78 is 7.11. The Bertz CT molecular complexity index is 169. The molecule has 0 aromatic carbocycles. The Morgan fingerprint density at radius 3 is 2.31 bits per heavy atom. The summed E-state index contributed by atoms with van der Waals surface area (Å²) in [5.41, 5.74) is 0. The van der Waals surface area contributed by atoms with E-state index in [0.29, 0.717) is 13.3 Å². The van der Waals surface area contributed by atoms with Gasteiger partial charge >= 0.3 is 21.1 Å². The van der Waals surface area contributed by atoms with Crippen molar-refractivity contribution >= 4 is 5.78 Å². The van der Waals surface area contributed by atoms with Crippen LogP contribution in [0.2, 0.25) is 0 Å². The molecular formula is C12H26N2OW. The largest absolute Gasteiger partial charge is 2.00 e. The molecule has 1 N–H and O–H groups in total. The van der Waals surface area contributed by atoms with Crippen LogP contribution in [0.25, 0.3) is 0 Å². The fourth-order valence-electron chi connectivity index (χ4n) is 0.743. The van der Waals surface area contributed by atoms with Gasteiger partial charge in [0.2, 0.25) is 0 Å². The second kappa shape index (κ2) is 15.1. The van der Waals surface area contributed by atoms with E-state index in [4.69, 9.17) is 1.37 Å². The predicted octanol–water partition coefficient (Wildman–Crippen LogP) is 1.75. The first kappa shape index (κ1) is 18.5. The quantitative estimate of drug-likeness (QED) is 0.691. The van der Waals surface area contributed by atoms with Crippen molar-refractivity contribution < 1.29 is 27.2 Å². The van der Waals surface area contributed by atoms with Crippen LogP contribution in [0, 0.1) is 19.9 Å². The SMILES string of the molecule is [2H]CC(CNCC)CC([CH2-])=O.[CH2-]N(C)CC.[W+2]. The maximum absolute atomic E-state index is 10.6. The molecule has 0 fully saturated rings. The summed E-state index contributed by atoms with van der Waals surface area (Å²) in [6.45, 7) is 10.3. The molecule has 0 saturated heterocycles. The number of carbonyl (C=O) groups is 1. The Kier molecular flexibility index (Phi) is 17.5. The van der Waals surface area contributed by atoms with Crippen LogP contribution in [-0.2, 0) is 25.9 Å². The molecule has 0 aliphatic rings. The molecule has 0 aromatic heterocycles. The molecule has 0 bridgehead atoms. The average Bonchev–Trinajstić information content (AvgIpc) is 2.24. The predicted molar refractivity (Wildman–Crippen MR) is 66.3 cm³/mol. The number of carbonyl (C=O) groups excluding carboxylic acids is 1. The molecule has 0 radical (unpaired) electrons. The van der Waals surface area contributed by atoms with E-state index < -0.39 is 0 Å². The van der Waals surface area contributed by atoms with Crippen molar-refractivity contribution in [1.29, 1.82) is 0 Å². The molecule has 0 saturated carbocycles. The summed E-state index contributed by atoms with van der Waals surface area (Å²) in [4.78, 5) is 12.4. The van der Waals surface area contributed by atoms with Crippen molar-refractivity contribution in [2.45, 2.75) is 27.2 Å². The van der Waals surface area contributed by atoms with Crippen LogP contribution in [0.5, 0.6) is 0 Å². The summed E-state index contributed by atoms with van der Waals surface area (Å²) in [7, 11) is 5.53. The van der Waals surface area contributed by atoms with Gasteiger partial charge < -0.3 is 21.9 Å². The molecular weight excluding hydrogens is 372 g/mol. The van der Waals surface area contributed by atoms with Crippen molar-refractivity contribution in [2.24, 2.45) is 5.92 Å². The minimum absolute atomic E-state index is 0. The number of ketones is 1. The van der Waals surface area contributed by atoms with Gasteiger partial charge in [0.15, 0.2) is 0 Å². The van der Waals surface area contributed by atoms with Gasteiger partial charge in [-0.1, -0.05) is 20.7 Å². The van der Waals surface area contributed by atoms with Gasteiger partial charge in [-0.25, -0.2) is 0 Å². The molecule has 0 aliphatic carbocycles. The summed E-state index contributed by atoms with van der Waals surface area (Å²) in [6, 6.07) is 0. The van der Waals surface area contributed by atoms with Gasteiger partial charge in [-0.3, -0.25) is 7.05 Å². The topological polar surface area (TPSA) is 32.3 Å². The molecule has 16 heavy (non-hydrogen) atoms. The molecule has 0 aliphatic heterocycles. The second-order valence-corrected chi connectivity index (χ2v) is 3.59. The van der Waals surface area contributed by atoms with Crippen molar-refractivity contribution in [3.05, 3.63) is 14.0 Å². The fourth-order valence-corrected chi connectivity index (χ4v) is 0.743. The first-order valence-electron chi connectivity index (χ1n) is 6.04. The van der Waals surface area contributed by atoms with Crippen LogP contribution in [0.4, 0.5) is 0 Å². The van der Waals surface area contributed by atoms with E-state index in [1.807, 2.05) is 18.9 Å². The van der Waals surface area contributed by atoms with E-state index in [1.165, 1.54) is 0 Å². The van der Waals surface area contributed by atoms with Crippen LogP contribution in [0.1, 0.15) is 28.5 Å². The number of hydrogen-bond acceptors (Lipinski definition) is 3. The van der Waals surface area contributed by atoms with Crippen LogP contribution in [0.15, 0.2) is 0 Å². The molecule has 0 heterocycles. The van der Waals surface area contributed by atoms with Gasteiger partial charge in [0, 0.05) is 1.37 Å². The maximum atomic E-state index is 10.6. The smallest absolute Gasteiger partial charge is 0.462 e. The van der Waals surface area contributed by atoms with Crippen LogP contribution >= 0.6 is 0 Å². The van der Waals surface area contributed by atoms with Crippen molar-refractivity contribution in [1.82, 2.24) is 10.2 Å². The maximum Gasteiger partial charge on any atom is 2.00 e. The van der Waals surface area contributed by atoms with Gasteiger partial charge in [0.25, 0.3) is 0 Å². The van der Waals surface area contributed by atoms with E-state index in [0.717, 1.165) is 19.6 Å². The van der Waals surface area contributed by atoms with Gasteiger partial charge in [0.1, 0.15) is 0 Å². The molecule has 0 spiro atoms. The van der Waals surface area contributed by atoms with Gasteiger partial charge in [-0.15, -0.1) is 0 Å². The van der Waals surface area contributed by atoms with Crippen molar-refractivity contribution in [2.75, 3.05) is 26.7 Å². The Labute approximate surface area is 117 Å². The standard InChI is InChI=1S/C8H16NO.C4H10N.W/c1-4-9-6-7(2)5-8(3)10;1-4-5(2)3;/h7,9H,3-6H2,1-2H3;2,4H2,1,3H3;/q2*-1;+2/i2D;;. The zero-order chi connectivity index (χ0) is 13.0. The summed E-state index contributed by atoms with van der Waals surface area (Å²) in [6.07, 6.45) is 0.427. The van der Waals surface area contributed by atoms with Crippen LogP contribution < -0.4 is 5.32 Å². The van der Waals surface area contributed by atoms with Crippen LogP contribution in [-0.4, -0.2) is 37.4 Å². The third-order valence-corrected chi connectivity index (χ3v) is 1.74. The third kappa shape index (κ3) is 23.7. The summed E-state index contributed by atoms with van der Waals surface area (Å²) in [5.74, 6) is 0.0695. The first-order chi connectivity index (χ1) is 7.47. The Morgan fingerprint density at radius 2 is 2.06 bits per heavy atom. The van der Waals surface area contributed by atoms with E-state index >= 15 is 0 Å². The Morgan fingerprint density at radius 1 is 1.56 bits per heavy atom. The Hall–Kier alpha value is 0.148. The number of nitrogens with zero attached hydrogens (tertiary/aromatic N) is 1. The molecule has 4 heteroatoms. The zero-order valence-electron chi connectivity index (χ0n) is 11.8. The second-order valence-electron chi connectivity index (χ2n) is 3.59. The minimum Gasteiger partial charge on any atom is -0.462 e. The molecule has 96 valence electrons. The molecule has 1 unspecified atom stereocenters. The van der Waals surface area contributed by atoms with E-state index in [2.05, 4.69) is 26.2 Å². The van der Waals surface area contributed by atoms with Gasteiger partial charge in [0.05, 0.1) is 0 Å². The molecule has 3 nitrogen and oxygen atoms in total. The number of nitrogens with one attached hydrogen (secondary N) is 1. The normalized spacial score (nSPS) is 11.9. The Balaban J connectivity index is -0.000000280. The van der Waals surface area contributed by atoms with Crippen LogP contribution in [0.3, 0.4) is 0 Å². The van der Waals surface area contributed by atoms with Gasteiger partial charge in [-0.2, -0.15) is 0 Å². The van der Waals surface area contributed by atoms with Crippen molar-refractivity contribution in [3.63, 3.8) is 0 Å². The molecule has 0 aromatic rings. The zero-order valence-corrected chi connectivity index (χ0v) is 13.7. The fraction of sp³-hybridized carbons (Fsp3) is 0.750. The third-order valence-electron chi connectivity index (χ3n) is 1.74. The number of Topliss-reactive ketones (excluding diaryl/α,β-unsaturated/α-hetero) is 1. The van der Waals surface area contributed by atoms with Crippen molar-refractivity contribution in [3.8, 4) is 0 Å². The molecule has 0 rings (SSSR count). The van der Waals surface area contributed by atoms with E-state index in [-0.39, 0.29) is 32.8 Å².